The topological polar surface area (TPSA) is 49.5 Å². The molecule has 0 N–H and O–H groups in total. The van der Waals surface area contributed by atoms with Crippen molar-refractivity contribution in [3.8, 4) is 0 Å². The van der Waals surface area contributed by atoms with Gasteiger partial charge in [-0.3, -0.25) is 0 Å². The number of hydrogen-bond donors (Lipinski definition) is 0. The summed E-state index contributed by atoms with van der Waals surface area (Å²) < 4.78 is 31.0. The van der Waals surface area contributed by atoms with Gasteiger partial charge in [-0.05, 0) is 33.7 Å². The lowest BCUT2D eigenvalue weighted by atomic mass is 9.95. The molecule has 0 aromatic heterocycles. The maximum Gasteiger partial charge on any atom is 0.488 e. The summed E-state index contributed by atoms with van der Waals surface area (Å²) in [6.07, 6.45) is 0. The SMILES string of the molecule is CC1c2cccc3c2c2c(c4cc5ccccc5cc43)=NS(=O)(=O)[N+]=21. The fourth-order valence-corrected chi connectivity index (χ4v) is 5.84. The van der Waals surface area contributed by atoms with E-state index in [1.165, 1.54) is 3.98 Å². The summed E-state index contributed by atoms with van der Waals surface area (Å²) in [5.74, 6) is 0. The molecule has 4 aromatic rings. The van der Waals surface area contributed by atoms with Crippen molar-refractivity contribution in [3.63, 3.8) is 0 Å². The van der Waals surface area contributed by atoms with Gasteiger partial charge in [-0.2, -0.15) is 0 Å². The number of rotatable bonds is 0. The van der Waals surface area contributed by atoms with E-state index >= 15 is 0 Å². The Morgan fingerprint density at radius 1 is 0.920 bits per heavy atom. The average Bonchev–Trinajstić information content (AvgIpc) is 3.07. The molecule has 0 radical (unpaired) electrons. The highest BCUT2D eigenvalue weighted by Gasteiger charge is 2.44. The minimum absolute atomic E-state index is 0.222. The molecule has 6 rings (SSSR count). The molecule has 0 aliphatic carbocycles. The fourth-order valence-electron chi connectivity index (χ4n) is 4.41. The lowest BCUT2D eigenvalue weighted by Gasteiger charge is -2.07. The van der Waals surface area contributed by atoms with Crippen molar-refractivity contribution in [3.05, 3.63) is 70.9 Å². The minimum Gasteiger partial charge on any atom is -0.141 e. The van der Waals surface area contributed by atoms with Gasteiger partial charge in [0.1, 0.15) is 0 Å². The molecular weight excluding hydrogens is 332 g/mol. The molecule has 4 nitrogen and oxygen atoms in total. The van der Waals surface area contributed by atoms with Gasteiger partial charge in [-0.25, -0.2) is 0 Å². The van der Waals surface area contributed by atoms with Crippen molar-refractivity contribution in [2.24, 2.45) is 4.40 Å². The molecule has 0 amide bonds. The van der Waals surface area contributed by atoms with Crippen LogP contribution in [-0.2, 0) is 10.2 Å². The molecule has 2 aliphatic rings. The molecule has 2 aliphatic heterocycles. The van der Waals surface area contributed by atoms with Crippen LogP contribution in [0.1, 0.15) is 18.5 Å². The molecule has 1 atom stereocenters. The molecule has 0 spiro atoms. The van der Waals surface area contributed by atoms with Crippen molar-refractivity contribution in [1.29, 1.82) is 0 Å². The van der Waals surface area contributed by atoms with Crippen LogP contribution in [0.25, 0.3) is 32.3 Å². The van der Waals surface area contributed by atoms with Gasteiger partial charge in [0.15, 0.2) is 11.4 Å². The zero-order valence-electron chi connectivity index (χ0n) is 13.4. The number of nitrogens with zero attached hydrogens (tertiary/aromatic N) is 2. The van der Waals surface area contributed by atoms with Crippen LogP contribution in [0.5, 0.6) is 0 Å². The summed E-state index contributed by atoms with van der Waals surface area (Å²) in [6.45, 7) is 1.93. The summed E-state index contributed by atoms with van der Waals surface area (Å²) in [7, 11) is -3.68. The van der Waals surface area contributed by atoms with E-state index in [-0.39, 0.29) is 6.04 Å². The zero-order valence-corrected chi connectivity index (χ0v) is 14.2. The highest BCUT2D eigenvalue weighted by Crippen LogP contribution is 2.34. The first-order valence-electron chi connectivity index (χ1n) is 8.25. The molecule has 4 aromatic carbocycles. The monoisotopic (exact) mass is 345 g/mol. The minimum atomic E-state index is -3.68. The maximum absolute atomic E-state index is 12.7. The smallest absolute Gasteiger partial charge is 0.141 e. The van der Waals surface area contributed by atoms with Crippen molar-refractivity contribution in [1.82, 2.24) is 3.98 Å². The first-order valence-corrected chi connectivity index (χ1v) is 9.64. The van der Waals surface area contributed by atoms with Gasteiger partial charge >= 0.3 is 10.2 Å². The van der Waals surface area contributed by atoms with Crippen LogP contribution in [0.2, 0.25) is 0 Å². The van der Waals surface area contributed by atoms with Gasteiger partial charge in [0, 0.05) is 17.9 Å². The molecule has 120 valence electrons. The van der Waals surface area contributed by atoms with E-state index < -0.39 is 10.2 Å². The van der Waals surface area contributed by atoms with Crippen molar-refractivity contribution in [2.45, 2.75) is 13.0 Å². The van der Waals surface area contributed by atoms with E-state index in [4.69, 9.17) is 0 Å². The Bertz CT molecular complexity index is 1520. The molecule has 2 heterocycles. The van der Waals surface area contributed by atoms with Crippen LogP contribution in [-0.4, -0.2) is 8.42 Å². The third-order valence-corrected chi connectivity index (χ3v) is 6.88. The van der Waals surface area contributed by atoms with Crippen LogP contribution in [0.4, 0.5) is 0 Å². The fraction of sp³-hybridized carbons (Fsp3) is 0.100. The van der Waals surface area contributed by atoms with E-state index in [1.54, 1.807) is 0 Å². The van der Waals surface area contributed by atoms with E-state index in [0.29, 0.717) is 5.36 Å². The third-order valence-electron chi connectivity index (χ3n) is 5.47. The molecular formula is C20H13N2O2S+. The van der Waals surface area contributed by atoms with E-state index in [1.807, 2.05) is 37.3 Å². The third kappa shape index (κ3) is 1.46. The van der Waals surface area contributed by atoms with Crippen molar-refractivity contribution in [2.75, 3.05) is 0 Å². The predicted octanol–water partition coefficient (Wildman–Crippen LogP) is 2.59. The Labute approximate surface area is 143 Å². The van der Waals surface area contributed by atoms with Gasteiger partial charge < -0.3 is 0 Å². The maximum atomic E-state index is 12.7. The molecule has 0 bridgehead atoms. The molecule has 5 heteroatoms. The van der Waals surface area contributed by atoms with E-state index in [0.717, 1.165) is 43.2 Å². The predicted molar refractivity (Wildman–Crippen MR) is 98.3 cm³/mol. The number of hydrogen-bond acceptors (Lipinski definition) is 2. The number of fused-ring (bicyclic) bond motifs is 4. The first kappa shape index (κ1) is 13.5. The van der Waals surface area contributed by atoms with Crippen LogP contribution in [0.15, 0.2) is 59.0 Å². The second-order valence-electron chi connectivity index (χ2n) is 6.75. The van der Waals surface area contributed by atoms with Crippen LogP contribution < -0.4 is 14.7 Å². The quantitative estimate of drug-likeness (QED) is 0.279. The van der Waals surface area contributed by atoms with Gasteiger partial charge in [0.2, 0.25) is 0 Å². The van der Waals surface area contributed by atoms with Crippen LogP contribution in [0, 0.1) is 0 Å². The average molecular weight is 345 g/mol. The Hall–Kier alpha value is -2.79. The van der Waals surface area contributed by atoms with Crippen LogP contribution >= 0.6 is 0 Å². The van der Waals surface area contributed by atoms with Gasteiger partial charge in [0.25, 0.3) is 5.36 Å². The van der Waals surface area contributed by atoms with Gasteiger partial charge in [0.05, 0.1) is 5.39 Å². The number of benzene rings is 4. The zero-order chi connectivity index (χ0) is 16.9. The summed E-state index contributed by atoms with van der Waals surface area (Å²) in [6, 6.07) is 18.3. The van der Waals surface area contributed by atoms with Crippen LogP contribution in [0.3, 0.4) is 0 Å². The van der Waals surface area contributed by atoms with E-state index in [9.17, 15) is 8.42 Å². The molecule has 25 heavy (non-hydrogen) atoms. The highest BCUT2D eigenvalue weighted by atomic mass is 32.2. The Morgan fingerprint density at radius 2 is 1.64 bits per heavy atom. The summed E-state index contributed by atoms with van der Waals surface area (Å²) in [4.78, 5) is 0. The summed E-state index contributed by atoms with van der Waals surface area (Å²) in [5.41, 5.74) is 1.06. The molecule has 1 unspecified atom stereocenters. The summed E-state index contributed by atoms with van der Waals surface area (Å²) in [5, 5.41) is 7.66. The lowest BCUT2D eigenvalue weighted by Crippen LogP contribution is -2.33. The molecule has 0 fully saturated rings. The van der Waals surface area contributed by atoms with Crippen molar-refractivity contribution < 1.29 is 8.42 Å². The Kier molecular flexibility index (Phi) is 2.19. The molecule has 0 saturated carbocycles. The van der Waals surface area contributed by atoms with Gasteiger partial charge in [-0.15, -0.1) is 8.42 Å². The Balaban J connectivity index is 2.06. The van der Waals surface area contributed by atoms with E-state index in [2.05, 4.69) is 28.7 Å². The van der Waals surface area contributed by atoms with Crippen molar-refractivity contribution >= 4 is 42.5 Å². The summed E-state index contributed by atoms with van der Waals surface area (Å²) >= 11 is 0. The van der Waals surface area contributed by atoms with Gasteiger partial charge in [-0.1, -0.05) is 50.8 Å². The standard InChI is InChI=1S/C20H13N2O2S/c1-11-14-7-4-8-15-16-9-12-5-2-3-6-13(12)10-17(16)19-20(18(14)15)22(11)25(23,24)21-19/h2-11H,1H3/q+1. The Morgan fingerprint density at radius 3 is 2.40 bits per heavy atom. The second kappa shape index (κ2) is 4.06. The largest absolute Gasteiger partial charge is 0.488 e. The highest BCUT2D eigenvalue weighted by molar-refractivity contribution is 7.88. The normalized spacial score (nSPS) is 19.9. The lowest BCUT2D eigenvalue weighted by molar-refractivity contribution is 0.550. The first-order chi connectivity index (χ1) is 12.1. The molecule has 0 saturated heterocycles. The second-order valence-corrected chi connectivity index (χ2v) is 8.22.